The number of hydrogen-bond donors (Lipinski definition) is 2. The predicted octanol–water partition coefficient (Wildman–Crippen LogP) is 2.92. The highest BCUT2D eigenvalue weighted by molar-refractivity contribution is 5.93. The van der Waals surface area contributed by atoms with Crippen molar-refractivity contribution in [2.24, 2.45) is 0 Å². The summed E-state index contributed by atoms with van der Waals surface area (Å²) in [5, 5.41) is 11.6. The Balaban J connectivity index is 2.38. The number of pyridine rings is 1. The predicted molar refractivity (Wildman–Crippen MR) is 59.6 cm³/mol. The smallest absolute Gasteiger partial charge is 0.389 e. The largest absolute Gasteiger partial charge is 0.478 e. The molecule has 2 N–H and O–H groups in total. The monoisotopic (exact) mass is 262 g/mol. The standard InChI is InChI=1S/C11H13F3N2O2/c12-11(13,14)4-1-2-5-16-9-3-6-15-7-8(9)10(17)18/h3,6-7H,1-2,4-5H2,(H,15,16)(H,17,18). The molecule has 0 aliphatic heterocycles. The van der Waals surface area contributed by atoms with E-state index >= 15 is 0 Å². The van der Waals surface area contributed by atoms with Crippen molar-refractivity contribution in [1.82, 2.24) is 4.98 Å². The molecule has 18 heavy (non-hydrogen) atoms. The molecule has 0 saturated carbocycles. The summed E-state index contributed by atoms with van der Waals surface area (Å²) < 4.78 is 35.6. The fourth-order valence-corrected chi connectivity index (χ4v) is 1.39. The Morgan fingerprint density at radius 2 is 2.11 bits per heavy atom. The molecule has 100 valence electrons. The molecule has 0 unspecified atom stereocenters. The zero-order chi connectivity index (χ0) is 13.6. The number of aromatic carboxylic acids is 1. The minimum Gasteiger partial charge on any atom is -0.478 e. The molecule has 1 aromatic heterocycles. The Hall–Kier alpha value is -1.79. The van der Waals surface area contributed by atoms with Crippen LogP contribution in [-0.2, 0) is 0 Å². The lowest BCUT2D eigenvalue weighted by molar-refractivity contribution is -0.135. The third-order valence-electron chi connectivity index (χ3n) is 2.25. The molecule has 0 aliphatic carbocycles. The molecular formula is C11H13F3N2O2. The van der Waals surface area contributed by atoms with Crippen LogP contribution in [0.5, 0.6) is 0 Å². The van der Waals surface area contributed by atoms with Crippen molar-refractivity contribution >= 4 is 11.7 Å². The van der Waals surface area contributed by atoms with Crippen LogP contribution in [0.1, 0.15) is 29.6 Å². The molecule has 0 aliphatic rings. The van der Waals surface area contributed by atoms with E-state index in [1.807, 2.05) is 0 Å². The number of hydrogen-bond acceptors (Lipinski definition) is 3. The SMILES string of the molecule is O=C(O)c1cnccc1NCCCCC(F)(F)F. The van der Waals surface area contributed by atoms with Gasteiger partial charge in [0.2, 0.25) is 0 Å². The number of rotatable bonds is 6. The van der Waals surface area contributed by atoms with Gasteiger partial charge in [-0.15, -0.1) is 0 Å². The second-order valence-corrected chi connectivity index (χ2v) is 3.73. The van der Waals surface area contributed by atoms with Gasteiger partial charge in [0.1, 0.15) is 5.56 Å². The minimum absolute atomic E-state index is 0.00770. The molecular weight excluding hydrogens is 249 g/mol. The zero-order valence-corrected chi connectivity index (χ0v) is 9.50. The van der Waals surface area contributed by atoms with Gasteiger partial charge in [-0.25, -0.2) is 4.79 Å². The first-order chi connectivity index (χ1) is 8.40. The van der Waals surface area contributed by atoms with Crippen LogP contribution in [0, 0.1) is 0 Å². The highest BCUT2D eigenvalue weighted by atomic mass is 19.4. The molecule has 0 radical (unpaired) electrons. The number of anilines is 1. The van der Waals surface area contributed by atoms with Crippen LogP contribution in [-0.4, -0.2) is 28.8 Å². The van der Waals surface area contributed by atoms with Gasteiger partial charge in [-0.2, -0.15) is 13.2 Å². The number of nitrogens with zero attached hydrogens (tertiary/aromatic N) is 1. The third kappa shape index (κ3) is 5.03. The van der Waals surface area contributed by atoms with Gasteiger partial charge < -0.3 is 10.4 Å². The first-order valence-corrected chi connectivity index (χ1v) is 5.38. The van der Waals surface area contributed by atoms with E-state index in [-0.39, 0.29) is 12.0 Å². The van der Waals surface area contributed by atoms with E-state index in [9.17, 15) is 18.0 Å². The third-order valence-corrected chi connectivity index (χ3v) is 2.25. The van der Waals surface area contributed by atoms with Gasteiger partial charge in [-0.1, -0.05) is 0 Å². The van der Waals surface area contributed by atoms with Gasteiger partial charge in [0.15, 0.2) is 0 Å². The number of nitrogens with one attached hydrogen (secondary N) is 1. The molecule has 0 atom stereocenters. The van der Waals surface area contributed by atoms with Crippen LogP contribution in [0.2, 0.25) is 0 Å². The summed E-state index contributed by atoms with van der Waals surface area (Å²) in [5.74, 6) is -1.12. The maximum Gasteiger partial charge on any atom is 0.389 e. The molecule has 1 heterocycles. The minimum atomic E-state index is -4.14. The van der Waals surface area contributed by atoms with Crippen LogP contribution in [0.25, 0.3) is 0 Å². The summed E-state index contributed by atoms with van der Waals surface area (Å²) in [4.78, 5) is 14.5. The van der Waals surface area contributed by atoms with Gasteiger partial charge in [-0.05, 0) is 18.9 Å². The van der Waals surface area contributed by atoms with Crippen molar-refractivity contribution in [1.29, 1.82) is 0 Å². The van der Waals surface area contributed by atoms with E-state index in [1.54, 1.807) is 0 Å². The van der Waals surface area contributed by atoms with Crippen LogP contribution in [0.4, 0.5) is 18.9 Å². The van der Waals surface area contributed by atoms with Crippen LogP contribution < -0.4 is 5.32 Å². The van der Waals surface area contributed by atoms with E-state index in [0.717, 1.165) is 0 Å². The summed E-state index contributed by atoms with van der Waals surface area (Å²) in [6.45, 7) is 0.292. The van der Waals surface area contributed by atoms with Gasteiger partial charge >= 0.3 is 12.1 Å². The molecule has 1 aromatic rings. The number of aromatic nitrogens is 1. The zero-order valence-electron chi connectivity index (χ0n) is 9.50. The van der Waals surface area contributed by atoms with Crippen molar-refractivity contribution in [3.05, 3.63) is 24.0 Å². The molecule has 0 aromatic carbocycles. The van der Waals surface area contributed by atoms with E-state index in [1.165, 1.54) is 18.5 Å². The summed E-state index contributed by atoms with van der Waals surface area (Å²) >= 11 is 0. The quantitative estimate of drug-likeness (QED) is 0.774. The van der Waals surface area contributed by atoms with Gasteiger partial charge in [0, 0.05) is 25.4 Å². The van der Waals surface area contributed by atoms with Gasteiger partial charge in [0.25, 0.3) is 0 Å². The van der Waals surface area contributed by atoms with E-state index < -0.39 is 18.6 Å². The summed E-state index contributed by atoms with van der Waals surface area (Å²) in [7, 11) is 0. The van der Waals surface area contributed by atoms with Crippen LogP contribution in [0.3, 0.4) is 0 Å². The lowest BCUT2D eigenvalue weighted by Crippen LogP contribution is -2.10. The number of carbonyl (C=O) groups is 1. The van der Waals surface area contributed by atoms with Crippen molar-refractivity contribution in [3.63, 3.8) is 0 Å². The first-order valence-electron chi connectivity index (χ1n) is 5.38. The van der Waals surface area contributed by atoms with Crippen LogP contribution in [0.15, 0.2) is 18.5 Å². The number of carboxylic acid groups (broad SMARTS) is 1. The molecule has 1 rings (SSSR count). The van der Waals surface area contributed by atoms with Crippen LogP contribution >= 0.6 is 0 Å². The highest BCUT2D eigenvalue weighted by Gasteiger charge is 2.25. The average molecular weight is 262 g/mol. The molecule has 0 fully saturated rings. The molecule has 0 spiro atoms. The lowest BCUT2D eigenvalue weighted by Gasteiger charge is -2.09. The molecule has 7 heteroatoms. The second-order valence-electron chi connectivity index (χ2n) is 3.73. The molecule has 0 bridgehead atoms. The Bertz CT molecular complexity index is 408. The number of alkyl halides is 3. The Labute approximate surface area is 102 Å². The Morgan fingerprint density at radius 1 is 1.39 bits per heavy atom. The highest BCUT2D eigenvalue weighted by Crippen LogP contribution is 2.22. The fraction of sp³-hybridized carbons (Fsp3) is 0.455. The number of halogens is 3. The molecule has 0 saturated heterocycles. The fourth-order valence-electron chi connectivity index (χ4n) is 1.39. The maximum absolute atomic E-state index is 11.9. The summed E-state index contributed by atoms with van der Waals surface area (Å²) in [5.41, 5.74) is 0.373. The Morgan fingerprint density at radius 3 is 2.72 bits per heavy atom. The van der Waals surface area contributed by atoms with E-state index in [0.29, 0.717) is 18.7 Å². The normalized spacial score (nSPS) is 11.3. The van der Waals surface area contributed by atoms with Crippen molar-refractivity contribution < 1.29 is 23.1 Å². The number of carboxylic acids is 1. The summed E-state index contributed by atoms with van der Waals surface area (Å²) in [6.07, 6.45) is -2.00. The van der Waals surface area contributed by atoms with Crippen molar-refractivity contribution in [3.8, 4) is 0 Å². The summed E-state index contributed by atoms with van der Waals surface area (Å²) in [6, 6.07) is 1.48. The van der Waals surface area contributed by atoms with E-state index in [4.69, 9.17) is 5.11 Å². The van der Waals surface area contributed by atoms with Gasteiger partial charge in [0.05, 0.1) is 5.69 Å². The second kappa shape index (κ2) is 6.23. The topological polar surface area (TPSA) is 62.2 Å². The average Bonchev–Trinajstić information content (AvgIpc) is 2.27. The lowest BCUT2D eigenvalue weighted by atomic mass is 10.2. The first kappa shape index (κ1) is 14.3. The van der Waals surface area contributed by atoms with E-state index in [2.05, 4.69) is 10.3 Å². The Kier molecular flexibility index (Phi) is 4.94. The van der Waals surface area contributed by atoms with Gasteiger partial charge in [-0.3, -0.25) is 4.98 Å². The van der Waals surface area contributed by atoms with Crippen molar-refractivity contribution in [2.45, 2.75) is 25.4 Å². The maximum atomic E-state index is 11.9. The number of unbranched alkanes of at least 4 members (excludes halogenated alkanes) is 1. The van der Waals surface area contributed by atoms with Crippen molar-refractivity contribution in [2.75, 3.05) is 11.9 Å². The molecule has 4 nitrogen and oxygen atoms in total. The molecule has 0 amide bonds.